The molecule has 0 spiro atoms. The number of methoxy groups -OCH3 is 1. The third-order valence-corrected chi connectivity index (χ3v) is 2.09. The Morgan fingerprint density at radius 3 is 2.40 bits per heavy atom. The number of halogens is 1. The van der Waals surface area contributed by atoms with Crippen molar-refractivity contribution < 1.29 is 9.53 Å². The summed E-state index contributed by atoms with van der Waals surface area (Å²) >= 11 is 0. The number of hydrogen-bond donors (Lipinski definition) is 1. The van der Waals surface area contributed by atoms with Gasteiger partial charge in [0.25, 0.3) is 0 Å². The highest BCUT2D eigenvalue weighted by Gasteiger charge is 2.00. The molecule has 1 aromatic carbocycles. The van der Waals surface area contributed by atoms with E-state index >= 15 is 0 Å². The second-order valence-electron chi connectivity index (χ2n) is 3.02. The van der Waals surface area contributed by atoms with E-state index in [0.29, 0.717) is 6.42 Å². The minimum absolute atomic E-state index is 0. The van der Waals surface area contributed by atoms with Crippen LogP contribution in [0.1, 0.15) is 12.0 Å². The number of aryl methyl sites for hydroxylation is 1. The first kappa shape index (κ1) is 13.8. The molecule has 0 atom stereocenters. The molecule has 0 aliphatic carbocycles. The lowest BCUT2D eigenvalue weighted by Crippen LogP contribution is -2.01. The van der Waals surface area contributed by atoms with Crippen LogP contribution in [0.2, 0.25) is 0 Å². The summed E-state index contributed by atoms with van der Waals surface area (Å²) in [5, 5.41) is 3.04. The Labute approximate surface area is 96.2 Å². The molecule has 1 rings (SSSR count). The van der Waals surface area contributed by atoms with Crippen molar-refractivity contribution in [3.8, 4) is 0 Å². The molecule has 1 N–H and O–H groups in total. The lowest BCUT2D eigenvalue weighted by Gasteiger charge is -2.02. The van der Waals surface area contributed by atoms with Gasteiger partial charge in [0, 0.05) is 19.2 Å². The molecule has 84 valence electrons. The van der Waals surface area contributed by atoms with E-state index in [1.807, 2.05) is 31.3 Å². The summed E-state index contributed by atoms with van der Waals surface area (Å²) in [5.41, 5.74) is 2.22. The van der Waals surface area contributed by atoms with Crippen LogP contribution in [0.5, 0.6) is 0 Å². The van der Waals surface area contributed by atoms with Crippen LogP contribution >= 0.6 is 12.4 Å². The lowest BCUT2D eigenvalue weighted by atomic mass is 10.1. The number of rotatable bonds is 4. The van der Waals surface area contributed by atoms with Crippen molar-refractivity contribution in [2.24, 2.45) is 0 Å². The van der Waals surface area contributed by atoms with E-state index in [0.717, 1.165) is 17.7 Å². The minimum atomic E-state index is -0.164. The number of carbonyl (C=O) groups excluding carboxylic acids is 1. The zero-order chi connectivity index (χ0) is 10.4. The SMILES string of the molecule is CNc1ccc(CCC(=O)OC)cc1.Cl. The molecule has 0 saturated heterocycles. The molecule has 0 saturated carbocycles. The van der Waals surface area contributed by atoms with Crippen molar-refractivity contribution in [3.63, 3.8) is 0 Å². The Bertz CT molecular complexity index is 298. The first-order chi connectivity index (χ1) is 6.76. The predicted octanol–water partition coefficient (Wildman–Crippen LogP) is 2.26. The molecule has 0 aromatic heterocycles. The molecule has 0 aliphatic rings. The normalized spacial score (nSPS) is 8.93. The molecule has 0 unspecified atom stereocenters. The zero-order valence-corrected chi connectivity index (χ0v) is 9.76. The highest BCUT2D eigenvalue weighted by Crippen LogP contribution is 2.10. The monoisotopic (exact) mass is 229 g/mol. The van der Waals surface area contributed by atoms with E-state index in [2.05, 4.69) is 10.1 Å². The number of ether oxygens (including phenoxy) is 1. The Morgan fingerprint density at radius 1 is 1.33 bits per heavy atom. The van der Waals surface area contributed by atoms with Gasteiger partial charge in [-0.15, -0.1) is 12.4 Å². The van der Waals surface area contributed by atoms with Crippen molar-refractivity contribution in [2.45, 2.75) is 12.8 Å². The van der Waals surface area contributed by atoms with Gasteiger partial charge in [0.1, 0.15) is 0 Å². The van der Waals surface area contributed by atoms with E-state index in [4.69, 9.17) is 0 Å². The minimum Gasteiger partial charge on any atom is -0.469 e. The standard InChI is InChI=1S/C11H15NO2.ClH/c1-12-10-6-3-9(4-7-10)5-8-11(13)14-2;/h3-4,6-7,12H,5,8H2,1-2H3;1H. The molecular weight excluding hydrogens is 214 g/mol. The maximum atomic E-state index is 10.9. The summed E-state index contributed by atoms with van der Waals surface area (Å²) in [4.78, 5) is 10.9. The van der Waals surface area contributed by atoms with Crippen molar-refractivity contribution in [1.82, 2.24) is 0 Å². The van der Waals surface area contributed by atoms with Crippen LogP contribution in [0, 0.1) is 0 Å². The average Bonchev–Trinajstić information content (AvgIpc) is 2.26. The third-order valence-electron chi connectivity index (χ3n) is 2.09. The molecule has 1 aromatic rings. The first-order valence-electron chi connectivity index (χ1n) is 4.59. The second kappa shape index (κ2) is 7.12. The summed E-state index contributed by atoms with van der Waals surface area (Å²) in [6, 6.07) is 8.00. The third kappa shape index (κ3) is 4.70. The van der Waals surface area contributed by atoms with Gasteiger partial charge >= 0.3 is 5.97 Å². The fourth-order valence-corrected chi connectivity index (χ4v) is 1.19. The van der Waals surface area contributed by atoms with Crippen LogP contribution in [0.25, 0.3) is 0 Å². The van der Waals surface area contributed by atoms with Gasteiger partial charge in [-0.1, -0.05) is 12.1 Å². The predicted molar refractivity (Wildman–Crippen MR) is 63.6 cm³/mol. The van der Waals surface area contributed by atoms with Gasteiger partial charge in [-0.25, -0.2) is 0 Å². The zero-order valence-electron chi connectivity index (χ0n) is 8.95. The average molecular weight is 230 g/mol. The number of nitrogens with one attached hydrogen (secondary N) is 1. The Balaban J connectivity index is 0.00000196. The van der Waals surface area contributed by atoms with E-state index in [-0.39, 0.29) is 18.4 Å². The van der Waals surface area contributed by atoms with Gasteiger partial charge in [0.15, 0.2) is 0 Å². The highest BCUT2D eigenvalue weighted by molar-refractivity contribution is 5.85. The number of anilines is 1. The van der Waals surface area contributed by atoms with Crippen LogP contribution in [-0.4, -0.2) is 20.1 Å². The van der Waals surface area contributed by atoms with Crippen LogP contribution < -0.4 is 5.32 Å². The summed E-state index contributed by atoms with van der Waals surface area (Å²) in [7, 11) is 3.29. The maximum absolute atomic E-state index is 10.9. The number of hydrogen-bond acceptors (Lipinski definition) is 3. The van der Waals surface area contributed by atoms with E-state index < -0.39 is 0 Å². The Morgan fingerprint density at radius 2 is 1.93 bits per heavy atom. The quantitative estimate of drug-likeness (QED) is 0.805. The molecule has 0 fully saturated rings. The van der Waals surface area contributed by atoms with Crippen molar-refractivity contribution in [3.05, 3.63) is 29.8 Å². The van der Waals surface area contributed by atoms with Gasteiger partial charge in [0.05, 0.1) is 7.11 Å². The summed E-state index contributed by atoms with van der Waals surface area (Å²) in [6.45, 7) is 0. The van der Waals surface area contributed by atoms with Gasteiger partial charge in [0.2, 0.25) is 0 Å². The number of carbonyl (C=O) groups is 1. The molecule has 4 heteroatoms. The van der Waals surface area contributed by atoms with Crippen molar-refractivity contribution >= 4 is 24.1 Å². The molecular formula is C11H16ClNO2. The fraction of sp³-hybridized carbons (Fsp3) is 0.364. The van der Waals surface area contributed by atoms with E-state index in [1.54, 1.807) is 0 Å². The molecule has 0 aliphatic heterocycles. The molecule has 0 amide bonds. The van der Waals surface area contributed by atoms with Gasteiger partial charge in [-0.2, -0.15) is 0 Å². The second-order valence-corrected chi connectivity index (χ2v) is 3.02. The van der Waals surface area contributed by atoms with Crippen LogP contribution in [-0.2, 0) is 16.0 Å². The smallest absolute Gasteiger partial charge is 0.305 e. The molecule has 0 radical (unpaired) electrons. The first-order valence-corrected chi connectivity index (χ1v) is 4.59. The Hall–Kier alpha value is -1.22. The van der Waals surface area contributed by atoms with Crippen LogP contribution in [0.15, 0.2) is 24.3 Å². The topological polar surface area (TPSA) is 38.3 Å². The largest absolute Gasteiger partial charge is 0.469 e. The summed E-state index contributed by atoms with van der Waals surface area (Å²) in [5.74, 6) is -0.164. The number of benzene rings is 1. The number of esters is 1. The van der Waals surface area contributed by atoms with Crippen LogP contribution in [0.4, 0.5) is 5.69 Å². The van der Waals surface area contributed by atoms with Gasteiger partial charge in [-0.3, -0.25) is 4.79 Å². The lowest BCUT2D eigenvalue weighted by molar-refractivity contribution is -0.140. The fourth-order valence-electron chi connectivity index (χ4n) is 1.19. The van der Waals surface area contributed by atoms with E-state index in [1.165, 1.54) is 7.11 Å². The Kier molecular flexibility index (Phi) is 6.54. The van der Waals surface area contributed by atoms with Gasteiger partial charge in [-0.05, 0) is 24.1 Å². The van der Waals surface area contributed by atoms with Crippen LogP contribution in [0.3, 0.4) is 0 Å². The van der Waals surface area contributed by atoms with Gasteiger partial charge < -0.3 is 10.1 Å². The molecule has 3 nitrogen and oxygen atoms in total. The van der Waals surface area contributed by atoms with Crippen molar-refractivity contribution in [1.29, 1.82) is 0 Å². The highest BCUT2D eigenvalue weighted by atomic mass is 35.5. The van der Waals surface area contributed by atoms with E-state index in [9.17, 15) is 4.79 Å². The molecule has 0 bridgehead atoms. The molecule has 15 heavy (non-hydrogen) atoms. The van der Waals surface area contributed by atoms with Crippen molar-refractivity contribution in [2.75, 3.05) is 19.5 Å². The maximum Gasteiger partial charge on any atom is 0.305 e. The summed E-state index contributed by atoms with van der Waals surface area (Å²) in [6.07, 6.45) is 1.17. The summed E-state index contributed by atoms with van der Waals surface area (Å²) < 4.78 is 4.57. The molecule has 0 heterocycles.